The van der Waals surface area contributed by atoms with Gasteiger partial charge in [-0.25, -0.2) is 0 Å². The minimum Gasteiger partial charge on any atom is -0.461 e. The van der Waals surface area contributed by atoms with Crippen molar-refractivity contribution in [3.05, 3.63) is 23.8 Å². The molecule has 0 bridgehead atoms. The molecule has 0 saturated carbocycles. The van der Waals surface area contributed by atoms with Crippen molar-refractivity contribution < 1.29 is 9.53 Å². The Morgan fingerprint density at radius 2 is 1.28 bits per heavy atom. The van der Waals surface area contributed by atoms with Gasteiger partial charge < -0.3 is 4.74 Å². The van der Waals surface area contributed by atoms with Crippen LogP contribution in [0.3, 0.4) is 0 Å². The van der Waals surface area contributed by atoms with Crippen LogP contribution in [0.4, 0.5) is 0 Å². The van der Waals surface area contributed by atoms with Crippen molar-refractivity contribution in [2.24, 2.45) is 0 Å². The molecular weight excluding hydrogens is 308 g/mol. The summed E-state index contributed by atoms with van der Waals surface area (Å²) >= 11 is 0. The summed E-state index contributed by atoms with van der Waals surface area (Å²) in [5.41, 5.74) is 1.19. The van der Waals surface area contributed by atoms with Gasteiger partial charge in [0.2, 0.25) is 0 Å². The molecule has 2 heteroatoms. The average molecular weight is 351 g/mol. The Kier molecular flexibility index (Phi) is 18.5. The topological polar surface area (TPSA) is 26.3 Å². The largest absolute Gasteiger partial charge is 0.461 e. The molecule has 0 aliphatic carbocycles. The number of allylic oxidation sites excluding steroid dienone is 3. The lowest BCUT2D eigenvalue weighted by atomic mass is 10.1. The molecule has 0 aromatic heterocycles. The Labute approximate surface area is 157 Å². The molecule has 0 aliphatic heterocycles. The predicted molar refractivity (Wildman–Crippen MR) is 110 cm³/mol. The number of carbonyl (C=O) groups is 1. The lowest BCUT2D eigenvalue weighted by Crippen LogP contribution is -2.04. The number of rotatable bonds is 17. The van der Waals surface area contributed by atoms with E-state index in [2.05, 4.69) is 19.1 Å². The minimum absolute atomic E-state index is 0.0601. The summed E-state index contributed by atoms with van der Waals surface area (Å²) in [6.45, 7) is 6.71. The van der Waals surface area contributed by atoms with Crippen LogP contribution in [-0.2, 0) is 9.53 Å². The molecule has 25 heavy (non-hydrogen) atoms. The van der Waals surface area contributed by atoms with E-state index >= 15 is 0 Å². The molecule has 0 aromatic rings. The van der Waals surface area contributed by atoms with Crippen LogP contribution in [0.15, 0.2) is 23.8 Å². The fourth-order valence-corrected chi connectivity index (χ4v) is 2.71. The zero-order chi connectivity index (χ0) is 18.6. The second-order valence-corrected chi connectivity index (χ2v) is 7.30. The molecule has 0 atom stereocenters. The first-order valence-electron chi connectivity index (χ1n) is 10.6. The van der Waals surface area contributed by atoms with Gasteiger partial charge in [-0.05, 0) is 52.0 Å². The second-order valence-electron chi connectivity index (χ2n) is 7.30. The van der Waals surface area contributed by atoms with Crippen LogP contribution >= 0.6 is 0 Å². The summed E-state index contributed by atoms with van der Waals surface area (Å²) < 4.78 is 5.15. The first kappa shape index (κ1) is 23.9. The van der Waals surface area contributed by atoms with E-state index in [4.69, 9.17) is 4.74 Å². The maximum absolute atomic E-state index is 11.5. The van der Waals surface area contributed by atoms with E-state index in [9.17, 15) is 4.79 Å². The zero-order valence-electron chi connectivity index (χ0n) is 17.2. The van der Waals surface area contributed by atoms with Gasteiger partial charge in [-0.1, -0.05) is 76.0 Å². The number of carbonyl (C=O) groups excluding carboxylic acids is 1. The van der Waals surface area contributed by atoms with E-state index in [0.717, 1.165) is 12.8 Å². The van der Waals surface area contributed by atoms with Crippen molar-refractivity contribution in [1.82, 2.24) is 0 Å². The third-order valence-electron chi connectivity index (χ3n) is 4.38. The average Bonchev–Trinajstić information content (AvgIpc) is 2.58. The Morgan fingerprint density at radius 1 is 0.760 bits per heavy atom. The van der Waals surface area contributed by atoms with E-state index in [1.165, 1.54) is 76.2 Å². The van der Waals surface area contributed by atoms with Crippen molar-refractivity contribution in [2.45, 2.75) is 111 Å². The number of ether oxygens (including phenoxy) is 1. The first-order chi connectivity index (χ1) is 12.2. The van der Waals surface area contributed by atoms with Crippen LogP contribution in [0.25, 0.3) is 0 Å². The van der Waals surface area contributed by atoms with Crippen molar-refractivity contribution in [2.75, 3.05) is 6.61 Å². The molecular formula is C23H42O2. The Hall–Kier alpha value is -1.05. The van der Waals surface area contributed by atoms with Crippen LogP contribution in [0.5, 0.6) is 0 Å². The van der Waals surface area contributed by atoms with Crippen molar-refractivity contribution in [1.29, 1.82) is 0 Å². The van der Waals surface area contributed by atoms with Gasteiger partial charge in [0.05, 0.1) is 0 Å². The van der Waals surface area contributed by atoms with E-state index in [1.54, 1.807) is 0 Å². The highest BCUT2D eigenvalue weighted by Gasteiger charge is 2.01. The standard InChI is InChI=1S/C23H42O2/c1-4-5-6-7-8-9-10-11-12-13-14-15-16-17-18-19-23(24)25-21-20-22(2)3/h11-12,20H,4-10,13-19,21H2,1-3H3/b12-11-. The fraction of sp³-hybridized carbons (Fsp3) is 0.783. The van der Waals surface area contributed by atoms with Crippen LogP contribution in [0.1, 0.15) is 111 Å². The van der Waals surface area contributed by atoms with E-state index in [0.29, 0.717) is 13.0 Å². The van der Waals surface area contributed by atoms with Crippen LogP contribution in [0.2, 0.25) is 0 Å². The SMILES string of the molecule is CCCCCCCC/C=C\CCCCCCCC(=O)OCC=C(C)C. The molecule has 0 amide bonds. The normalized spacial score (nSPS) is 11.0. The summed E-state index contributed by atoms with van der Waals surface area (Å²) in [6, 6.07) is 0. The molecule has 2 nitrogen and oxygen atoms in total. The Morgan fingerprint density at radius 3 is 1.84 bits per heavy atom. The lowest BCUT2D eigenvalue weighted by molar-refractivity contribution is -0.142. The highest BCUT2D eigenvalue weighted by atomic mass is 16.5. The van der Waals surface area contributed by atoms with Crippen LogP contribution in [0, 0.1) is 0 Å². The molecule has 0 saturated heterocycles. The van der Waals surface area contributed by atoms with Crippen molar-refractivity contribution in [3.63, 3.8) is 0 Å². The van der Waals surface area contributed by atoms with Gasteiger partial charge in [0, 0.05) is 6.42 Å². The van der Waals surface area contributed by atoms with Gasteiger partial charge in [0.25, 0.3) is 0 Å². The maximum Gasteiger partial charge on any atom is 0.306 e. The minimum atomic E-state index is -0.0601. The van der Waals surface area contributed by atoms with Crippen LogP contribution < -0.4 is 0 Å². The Balaban J connectivity index is 3.24. The molecule has 0 aliphatic rings. The van der Waals surface area contributed by atoms with Gasteiger partial charge in [-0.3, -0.25) is 4.79 Å². The molecule has 146 valence electrons. The molecule has 0 heterocycles. The van der Waals surface area contributed by atoms with Crippen molar-refractivity contribution in [3.8, 4) is 0 Å². The van der Waals surface area contributed by atoms with Gasteiger partial charge in [-0.2, -0.15) is 0 Å². The van der Waals surface area contributed by atoms with E-state index in [1.807, 2.05) is 19.9 Å². The monoisotopic (exact) mass is 350 g/mol. The Bertz CT molecular complexity index is 351. The number of unbranched alkanes of at least 4 members (excludes halogenated alkanes) is 11. The number of hydrogen-bond donors (Lipinski definition) is 0. The van der Waals surface area contributed by atoms with Gasteiger partial charge in [0.15, 0.2) is 0 Å². The van der Waals surface area contributed by atoms with Gasteiger partial charge >= 0.3 is 5.97 Å². The molecule has 0 unspecified atom stereocenters. The zero-order valence-corrected chi connectivity index (χ0v) is 17.2. The van der Waals surface area contributed by atoms with Gasteiger partial charge in [0.1, 0.15) is 6.61 Å². The summed E-state index contributed by atoms with van der Waals surface area (Å²) in [5.74, 6) is -0.0601. The maximum atomic E-state index is 11.5. The quantitative estimate of drug-likeness (QED) is 0.154. The predicted octanol–water partition coefficient (Wildman–Crippen LogP) is 7.53. The fourth-order valence-electron chi connectivity index (χ4n) is 2.71. The van der Waals surface area contributed by atoms with Gasteiger partial charge in [-0.15, -0.1) is 0 Å². The summed E-state index contributed by atoms with van der Waals surface area (Å²) in [7, 11) is 0. The molecule has 0 N–H and O–H groups in total. The molecule has 0 rings (SSSR count). The third-order valence-corrected chi connectivity index (χ3v) is 4.38. The molecule has 0 radical (unpaired) electrons. The highest BCUT2D eigenvalue weighted by Crippen LogP contribution is 2.10. The summed E-state index contributed by atoms with van der Waals surface area (Å²) in [6.07, 6.45) is 23.8. The summed E-state index contributed by atoms with van der Waals surface area (Å²) in [4.78, 5) is 11.5. The molecule has 0 fully saturated rings. The molecule has 0 spiro atoms. The third kappa shape index (κ3) is 20.9. The summed E-state index contributed by atoms with van der Waals surface area (Å²) in [5, 5.41) is 0. The number of hydrogen-bond acceptors (Lipinski definition) is 2. The van der Waals surface area contributed by atoms with Crippen molar-refractivity contribution >= 4 is 5.97 Å². The van der Waals surface area contributed by atoms with Crippen LogP contribution in [-0.4, -0.2) is 12.6 Å². The van der Waals surface area contributed by atoms with E-state index in [-0.39, 0.29) is 5.97 Å². The van der Waals surface area contributed by atoms with E-state index < -0.39 is 0 Å². The smallest absolute Gasteiger partial charge is 0.306 e. The highest BCUT2D eigenvalue weighted by molar-refractivity contribution is 5.69. The second kappa shape index (κ2) is 19.3. The lowest BCUT2D eigenvalue weighted by Gasteiger charge is -2.02. The first-order valence-corrected chi connectivity index (χ1v) is 10.6. The molecule has 0 aromatic carbocycles. The number of esters is 1.